The zero-order valence-electron chi connectivity index (χ0n) is 7.91. The summed E-state index contributed by atoms with van der Waals surface area (Å²) in [6.45, 7) is 3.04. The summed E-state index contributed by atoms with van der Waals surface area (Å²) in [4.78, 5) is 10.7. The number of phenols is 1. The van der Waals surface area contributed by atoms with E-state index in [-0.39, 0.29) is 5.56 Å². The molecule has 0 fully saturated rings. The van der Waals surface area contributed by atoms with E-state index in [0.29, 0.717) is 5.56 Å². The van der Waals surface area contributed by atoms with Crippen LogP contribution in [0.25, 0.3) is 0 Å². The molecule has 0 radical (unpaired) electrons. The van der Waals surface area contributed by atoms with Crippen molar-refractivity contribution in [2.75, 3.05) is 0 Å². The lowest BCUT2D eigenvalue weighted by Crippen LogP contribution is -2.09. The van der Waals surface area contributed by atoms with Crippen LogP contribution in [0.15, 0.2) is 12.1 Å². The van der Waals surface area contributed by atoms with E-state index in [2.05, 4.69) is 0 Å². The van der Waals surface area contributed by atoms with Crippen LogP contribution in [-0.2, 0) is 4.79 Å². The van der Waals surface area contributed by atoms with Gasteiger partial charge >= 0.3 is 5.97 Å². The molecule has 3 nitrogen and oxygen atoms in total. The highest BCUT2D eigenvalue weighted by Gasteiger charge is 2.21. The first-order valence-electron chi connectivity index (χ1n) is 4.16. The summed E-state index contributed by atoms with van der Waals surface area (Å²) < 4.78 is 12.9. The predicted molar refractivity (Wildman–Crippen MR) is 48.9 cm³/mol. The first-order valence-corrected chi connectivity index (χ1v) is 4.16. The zero-order chi connectivity index (χ0) is 10.9. The molecule has 0 aliphatic heterocycles. The number of carbonyl (C=O) groups is 1. The molecule has 0 aromatic heterocycles. The SMILES string of the molecule is Cc1ccc(F)c(O)c1C(C)C(=O)O. The lowest BCUT2D eigenvalue weighted by atomic mass is 9.95. The van der Waals surface area contributed by atoms with Gasteiger partial charge in [0.2, 0.25) is 0 Å². The first kappa shape index (κ1) is 10.5. The normalized spacial score (nSPS) is 12.5. The maximum Gasteiger partial charge on any atom is 0.310 e. The summed E-state index contributed by atoms with van der Waals surface area (Å²) in [6, 6.07) is 2.56. The van der Waals surface area contributed by atoms with Crippen LogP contribution in [0.1, 0.15) is 24.0 Å². The van der Waals surface area contributed by atoms with Crippen LogP contribution < -0.4 is 0 Å². The average molecular weight is 198 g/mol. The Balaban J connectivity index is 3.32. The number of hydrogen-bond donors (Lipinski definition) is 2. The Labute approximate surface area is 80.8 Å². The number of carboxylic acid groups (broad SMARTS) is 1. The summed E-state index contributed by atoms with van der Waals surface area (Å²) in [6.07, 6.45) is 0. The molecule has 1 aromatic carbocycles. The van der Waals surface area contributed by atoms with Crippen molar-refractivity contribution < 1.29 is 19.4 Å². The summed E-state index contributed by atoms with van der Waals surface area (Å²) in [7, 11) is 0. The number of benzene rings is 1. The Morgan fingerprint density at radius 2 is 2.07 bits per heavy atom. The molecule has 1 unspecified atom stereocenters. The summed E-state index contributed by atoms with van der Waals surface area (Å²) in [5.41, 5.74) is 0.705. The van der Waals surface area contributed by atoms with E-state index in [0.717, 1.165) is 6.07 Å². The molecule has 0 aliphatic rings. The number of hydrogen-bond acceptors (Lipinski definition) is 2. The summed E-state index contributed by atoms with van der Waals surface area (Å²) in [5.74, 6) is -3.36. The van der Waals surface area contributed by atoms with E-state index in [1.807, 2.05) is 0 Å². The van der Waals surface area contributed by atoms with Crippen LogP contribution in [0.3, 0.4) is 0 Å². The quantitative estimate of drug-likeness (QED) is 0.764. The Bertz CT molecular complexity index is 374. The van der Waals surface area contributed by atoms with Crippen molar-refractivity contribution in [3.05, 3.63) is 29.1 Å². The molecular weight excluding hydrogens is 187 g/mol. The standard InChI is InChI=1S/C10H11FO3/c1-5-3-4-7(11)9(12)8(5)6(2)10(13)14/h3-4,6,12H,1-2H3,(H,13,14). The molecule has 0 amide bonds. The van der Waals surface area contributed by atoms with E-state index in [4.69, 9.17) is 5.11 Å². The van der Waals surface area contributed by atoms with Crippen molar-refractivity contribution in [1.82, 2.24) is 0 Å². The summed E-state index contributed by atoms with van der Waals surface area (Å²) >= 11 is 0. The fourth-order valence-corrected chi connectivity index (χ4v) is 1.35. The number of carboxylic acids is 1. The van der Waals surface area contributed by atoms with Gasteiger partial charge in [-0.3, -0.25) is 4.79 Å². The largest absolute Gasteiger partial charge is 0.505 e. The molecule has 0 heterocycles. The molecule has 2 N–H and O–H groups in total. The van der Waals surface area contributed by atoms with Gasteiger partial charge in [-0.2, -0.15) is 0 Å². The minimum Gasteiger partial charge on any atom is -0.505 e. The number of aromatic hydroxyl groups is 1. The van der Waals surface area contributed by atoms with Gasteiger partial charge in [0.15, 0.2) is 11.6 Å². The van der Waals surface area contributed by atoms with Crippen molar-refractivity contribution >= 4 is 5.97 Å². The first-order chi connectivity index (χ1) is 6.45. The number of phenolic OH excluding ortho intramolecular Hbond substituents is 1. The highest BCUT2D eigenvalue weighted by molar-refractivity contribution is 5.77. The second-order valence-corrected chi connectivity index (χ2v) is 3.19. The Morgan fingerprint density at radius 3 is 2.57 bits per heavy atom. The van der Waals surface area contributed by atoms with E-state index in [9.17, 15) is 14.3 Å². The molecule has 4 heteroatoms. The Morgan fingerprint density at radius 1 is 1.50 bits per heavy atom. The van der Waals surface area contributed by atoms with Gasteiger partial charge in [0.1, 0.15) is 0 Å². The highest BCUT2D eigenvalue weighted by atomic mass is 19.1. The van der Waals surface area contributed by atoms with E-state index >= 15 is 0 Å². The maximum absolute atomic E-state index is 12.9. The third-order valence-electron chi connectivity index (χ3n) is 2.19. The molecule has 0 spiro atoms. The molecular formula is C10H11FO3. The lowest BCUT2D eigenvalue weighted by molar-refractivity contribution is -0.138. The Hall–Kier alpha value is -1.58. The van der Waals surface area contributed by atoms with Gasteiger partial charge in [-0.15, -0.1) is 0 Å². The van der Waals surface area contributed by atoms with Gasteiger partial charge in [0.05, 0.1) is 5.92 Å². The maximum atomic E-state index is 12.9. The van der Waals surface area contributed by atoms with Crippen LogP contribution in [0, 0.1) is 12.7 Å². The number of rotatable bonds is 2. The van der Waals surface area contributed by atoms with Crippen molar-refractivity contribution in [3.8, 4) is 5.75 Å². The van der Waals surface area contributed by atoms with E-state index < -0.39 is 23.5 Å². The minimum absolute atomic E-state index is 0.137. The zero-order valence-corrected chi connectivity index (χ0v) is 7.91. The molecule has 1 atom stereocenters. The van der Waals surface area contributed by atoms with Crippen molar-refractivity contribution in [2.24, 2.45) is 0 Å². The second-order valence-electron chi connectivity index (χ2n) is 3.19. The third-order valence-corrected chi connectivity index (χ3v) is 2.19. The van der Waals surface area contributed by atoms with Crippen LogP contribution in [0.2, 0.25) is 0 Å². The van der Waals surface area contributed by atoms with Crippen LogP contribution in [0.5, 0.6) is 5.75 Å². The topological polar surface area (TPSA) is 57.5 Å². The highest BCUT2D eigenvalue weighted by Crippen LogP contribution is 2.31. The van der Waals surface area contributed by atoms with E-state index in [1.54, 1.807) is 6.92 Å². The minimum atomic E-state index is -1.09. The summed E-state index contributed by atoms with van der Waals surface area (Å²) in [5, 5.41) is 18.1. The number of aliphatic carboxylic acids is 1. The molecule has 0 saturated carbocycles. The van der Waals surface area contributed by atoms with Gasteiger partial charge in [-0.05, 0) is 25.5 Å². The monoisotopic (exact) mass is 198 g/mol. The van der Waals surface area contributed by atoms with Crippen LogP contribution >= 0.6 is 0 Å². The smallest absolute Gasteiger partial charge is 0.310 e. The molecule has 0 saturated heterocycles. The fraction of sp³-hybridized carbons (Fsp3) is 0.300. The molecule has 76 valence electrons. The number of halogens is 1. The van der Waals surface area contributed by atoms with Crippen LogP contribution in [0.4, 0.5) is 4.39 Å². The average Bonchev–Trinajstić information content (AvgIpc) is 2.12. The van der Waals surface area contributed by atoms with Gasteiger partial charge in [-0.25, -0.2) is 4.39 Å². The van der Waals surface area contributed by atoms with Gasteiger partial charge in [0.25, 0.3) is 0 Å². The van der Waals surface area contributed by atoms with Crippen molar-refractivity contribution in [1.29, 1.82) is 0 Å². The fourth-order valence-electron chi connectivity index (χ4n) is 1.35. The van der Waals surface area contributed by atoms with Crippen molar-refractivity contribution in [3.63, 3.8) is 0 Å². The molecule has 14 heavy (non-hydrogen) atoms. The molecule has 1 aromatic rings. The van der Waals surface area contributed by atoms with Gasteiger partial charge < -0.3 is 10.2 Å². The van der Waals surface area contributed by atoms with E-state index in [1.165, 1.54) is 13.0 Å². The van der Waals surface area contributed by atoms with Gasteiger partial charge in [0, 0.05) is 5.56 Å². The molecule has 0 bridgehead atoms. The number of aryl methyl sites for hydroxylation is 1. The molecule has 1 rings (SSSR count). The lowest BCUT2D eigenvalue weighted by Gasteiger charge is -2.12. The second kappa shape index (κ2) is 3.65. The Kier molecular flexibility index (Phi) is 2.74. The van der Waals surface area contributed by atoms with Crippen LogP contribution in [-0.4, -0.2) is 16.2 Å². The molecule has 0 aliphatic carbocycles. The third kappa shape index (κ3) is 1.69. The predicted octanol–water partition coefficient (Wildman–Crippen LogP) is 2.03. The van der Waals surface area contributed by atoms with Crippen molar-refractivity contribution in [2.45, 2.75) is 19.8 Å². The van der Waals surface area contributed by atoms with Gasteiger partial charge in [-0.1, -0.05) is 6.07 Å².